The van der Waals surface area contributed by atoms with Gasteiger partial charge in [0, 0.05) is 42.4 Å². The highest BCUT2D eigenvalue weighted by Gasteiger charge is 2.31. The molecule has 1 aliphatic rings. The Morgan fingerprint density at radius 3 is 2.28 bits per heavy atom. The van der Waals surface area contributed by atoms with Crippen LogP contribution in [0.15, 0.2) is 66.7 Å². The van der Waals surface area contributed by atoms with E-state index in [9.17, 15) is 4.79 Å². The lowest BCUT2D eigenvalue weighted by Crippen LogP contribution is -2.34. The molecule has 2 heterocycles. The number of para-hydroxylation sites is 1. The zero-order valence-corrected chi connectivity index (χ0v) is 23.5. The molecule has 3 aromatic carbocycles. The summed E-state index contributed by atoms with van der Waals surface area (Å²) in [6.45, 7) is 10.7. The van der Waals surface area contributed by atoms with Crippen molar-refractivity contribution in [3.05, 3.63) is 100 Å². The van der Waals surface area contributed by atoms with E-state index in [1.165, 1.54) is 39.2 Å². The molecule has 4 aromatic rings. The molecule has 202 valence electrons. The first-order valence-corrected chi connectivity index (χ1v) is 14.1. The number of hydrogen-bond acceptors (Lipinski definition) is 3. The number of urea groups is 1. The first-order chi connectivity index (χ1) is 18.9. The third kappa shape index (κ3) is 5.21. The van der Waals surface area contributed by atoms with Crippen molar-refractivity contribution in [3.8, 4) is 16.9 Å². The number of carbonyl (C=O) groups is 1. The highest BCUT2D eigenvalue weighted by Crippen LogP contribution is 2.38. The zero-order valence-electron chi connectivity index (χ0n) is 23.5. The van der Waals surface area contributed by atoms with Crippen LogP contribution >= 0.6 is 0 Å². The number of nitrogens with one attached hydrogen (secondary N) is 1. The standard InChI is InChI=1S/C33H39N5O/c1-5-23-12-10-13-24(6-2)31(23)38-32(25-15-17-26(18-16-25)35-33(34)39)28-21-37(20-19-29(28)36-38)30(7-3)27-14-9-8-11-22(27)4/h8-18,30H,5-7,19-21H2,1-4H3,(H3,34,35,39). The second-order valence-electron chi connectivity index (χ2n) is 10.4. The van der Waals surface area contributed by atoms with Crippen molar-refractivity contribution < 1.29 is 4.79 Å². The molecule has 0 saturated heterocycles. The highest BCUT2D eigenvalue weighted by atomic mass is 16.2. The van der Waals surface area contributed by atoms with Gasteiger partial charge in [-0.25, -0.2) is 9.48 Å². The van der Waals surface area contributed by atoms with Gasteiger partial charge in [-0.05, 0) is 60.6 Å². The molecule has 0 radical (unpaired) electrons. The molecule has 3 N–H and O–H groups in total. The summed E-state index contributed by atoms with van der Waals surface area (Å²) in [6, 6.07) is 23.1. The summed E-state index contributed by atoms with van der Waals surface area (Å²) < 4.78 is 2.21. The molecule has 0 bridgehead atoms. The van der Waals surface area contributed by atoms with E-state index in [1.807, 2.05) is 12.1 Å². The van der Waals surface area contributed by atoms with Crippen molar-refractivity contribution in [2.75, 3.05) is 11.9 Å². The summed E-state index contributed by atoms with van der Waals surface area (Å²) in [5, 5.41) is 7.98. The van der Waals surface area contributed by atoms with E-state index in [2.05, 4.69) is 97.2 Å². The van der Waals surface area contributed by atoms with Gasteiger partial charge in [-0.1, -0.05) is 75.4 Å². The van der Waals surface area contributed by atoms with Gasteiger partial charge in [-0.15, -0.1) is 0 Å². The van der Waals surface area contributed by atoms with E-state index in [4.69, 9.17) is 10.8 Å². The van der Waals surface area contributed by atoms with Crippen LogP contribution in [-0.4, -0.2) is 27.3 Å². The quantitative estimate of drug-likeness (QED) is 0.263. The van der Waals surface area contributed by atoms with Gasteiger partial charge in [-0.3, -0.25) is 4.90 Å². The van der Waals surface area contributed by atoms with Crippen molar-refractivity contribution in [2.24, 2.45) is 5.73 Å². The van der Waals surface area contributed by atoms with Gasteiger partial charge in [0.15, 0.2) is 0 Å². The maximum atomic E-state index is 11.4. The highest BCUT2D eigenvalue weighted by molar-refractivity contribution is 5.88. The van der Waals surface area contributed by atoms with Crippen LogP contribution < -0.4 is 11.1 Å². The Morgan fingerprint density at radius 2 is 1.67 bits per heavy atom. The summed E-state index contributed by atoms with van der Waals surface area (Å²) in [7, 11) is 0. The average Bonchev–Trinajstić information content (AvgIpc) is 3.32. The minimum absolute atomic E-state index is 0.354. The van der Waals surface area contributed by atoms with E-state index in [1.54, 1.807) is 0 Å². The number of nitrogens with zero attached hydrogens (tertiary/aromatic N) is 3. The number of carbonyl (C=O) groups excluding carboxylic acids is 1. The van der Waals surface area contributed by atoms with Gasteiger partial charge in [-0.2, -0.15) is 5.10 Å². The Bertz CT molecular complexity index is 1450. The maximum Gasteiger partial charge on any atom is 0.316 e. The fraction of sp³-hybridized carbons (Fsp3) is 0.333. The molecule has 1 atom stereocenters. The summed E-state index contributed by atoms with van der Waals surface area (Å²) in [6.07, 6.45) is 3.84. The number of rotatable bonds is 8. The van der Waals surface area contributed by atoms with Crippen LogP contribution in [0.2, 0.25) is 0 Å². The number of amides is 2. The van der Waals surface area contributed by atoms with Crippen LogP contribution in [0.5, 0.6) is 0 Å². The second-order valence-corrected chi connectivity index (χ2v) is 10.4. The first-order valence-electron chi connectivity index (χ1n) is 14.1. The first kappa shape index (κ1) is 26.7. The van der Waals surface area contributed by atoms with Crippen molar-refractivity contribution in [3.63, 3.8) is 0 Å². The monoisotopic (exact) mass is 521 g/mol. The minimum atomic E-state index is -0.563. The topological polar surface area (TPSA) is 76.2 Å². The van der Waals surface area contributed by atoms with Crippen molar-refractivity contribution in [2.45, 2.75) is 66.0 Å². The SMILES string of the molecule is CCc1cccc(CC)c1-n1nc2c(c1-c1ccc(NC(N)=O)cc1)CN(C(CC)c1ccccc1C)CC2. The van der Waals surface area contributed by atoms with E-state index < -0.39 is 6.03 Å². The Balaban J connectivity index is 1.66. The molecule has 39 heavy (non-hydrogen) atoms. The number of nitrogens with two attached hydrogens (primary N) is 1. The minimum Gasteiger partial charge on any atom is -0.351 e. The molecule has 0 saturated carbocycles. The number of aromatic nitrogens is 2. The zero-order chi connectivity index (χ0) is 27.5. The van der Waals surface area contributed by atoms with Gasteiger partial charge in [0.05, 0.1) is 17.1 Å². The number of benzene rings is 3. The molecule has 0 spiro atoms. The lowest BCUT2D eigenvalue weighted by atomic mass is 9.94. The predicted octanol–water partition coefficient (Wildman–Crippen LogP) is 6.97. The summed E-state index contributed by atoms with van der Waals surface area (Å²) in [5.74, 6) is 0. The number of primary amides is 1. The third-order valence-electron chi connectivity index (χ3n) is 8.04. The largest absolute Gasteiger partial charge is 0.351 e. The summed E-state index contributed by atoms with van der Waals surface area (Å²) in [5.41, 5.74) is 17.3. The Labute approximate surface area is 231 Å². The van der Waals surface area contributed by atoms with Crippen molar-refractivity contribution >= 4 is 11.7 Å². The maximum absolute atomic E-state index is 11.4. The second kappa shape index (κ2) is 11.5. The van der Waals surface area contributed by atoms with Gasteiger partial charge < -0.3 is 11.1 Å². The molecule has 1 aliphatic heterocycles. The molecule has 0 aliphatic carbocycles. The van der Waals surface area contributed by atoms with Crippen LogP contribution in [0, 0.1) is 6.92 Å². The van der Waals surface area contributed by atoms with Gasteiger partial charge in [0.1, 0.15) is 0 Å². The van der Waals surface area contributed by atoms with Crippen molar-refractivity contribution in [1.82, 2.24) is 14.7 Å². The molecule has 2 amide bonds. The van der Waals surface area contributed by atoms with E-state index >= 15 is 0 Å². The molecule has 5 rings (SSSR count). The number of aryl methyl sites for hydroxylation is 3. The molecular formula is C33H39N5O. The lowest BCUT2D eigenvalue weighted by Gasteiger charge is -2.35. The third-order valence-corrected chi connectivity index (χ3v) is 8.04. The molecule has 1 unspecified atom stereocenters. The van der Waals surface area contributed by atoms with Gasteiger partial charge in [0.25, 0.3) is 0 Å². The Morgan fingerprint density at radius 1 is 0.974 bits per heavy atom. The average molecular weight is 522 g/mol. The lowest BCUT2D eigenvalue weighted by molar-refractivity contribution is 0.173. The fourth-order valence-corrected chi connectivity index (χ4v) is 6.09. The fourth-order valence-electron chi connectivity index (χ4n) is 6.09. The van der Waals surface area contributed by atoms with Crippen LogP contribution in [0.25, 0.3) is 16.9 Å². The van der Waals surface area contributed by atoms with Crippen LogP contribution in [0.4, 0.5) is 10.5 Å². The number of hydrogen-bond donors (Lipinski definition) is 2. The summed E-state index contributed by atoms with van der Waals surface area (Å²) in [4.78, 5) is 14.0. The van der Waals surface area contributed by atoms with Gasteiger partial charge >= 0.3 is 6.03 Å². The number of fused-ring (bicyclic) bond motifs is 1. The molecule has 0 fully saturated rings. The van der Waals surface area contributed by atoms with Crippen LogP contribution in [-0.2, 0) is 25.8 Å². The van der Waals surface area contributed by atoms with Crippen LogP contribution in [0.1, 0.15) is 66.7 Å². The van der Waals surface area contributed by atoms with Crippen molar-refractivity contribution in [1.29, 1.82) is 0 Å². The molecule has 1 aromatic heterocycles. The van der Waals surface area contributed by atoms with Gasteiger partial charge in [0.2, 0.25) is 0 Å². The van der Waals surface area contributed by atoms with Crippen LogP contribution in [0.3, 0.4) is 0 Å². The molecular weight excluding hydrogens is 482 g/mol. The van der Waals surface area contributed by atoms with E-state index in [0.29, 0.717) is 11.7 Å². The Hall–Kier alpha value is -3.90. The smallest absolute Gasteiger partial charge is 0.316 e. The summed E-state index contributed by atoms with van der Waals surface area (Å²) >= 11 is 0. The molecule has 6 heteroatoms. The number of anilines is 1. The van der Waals surface area contributed by atoms with E-state index in [-0.39, 0.29) is 0 Å². The Kier molecular flexibility index (Phi) is 7.84. The van der Waals surface area contributed by atoms with E-state index in [0.717, 1.165) is 50.0 Å². The molecule has 6 nitrogen and oxygen atoms in total. The predicted molar refractivity (Wildman–Crippen MR) is 159 cm³/mol. The normalized spacial score (nSPS) is 14.2.